The SMILES string of the molecule is CCCCCCCCC=CCCCCCCCC=CC(=O)C=CCOC(C)=O. The van der Waals surface area contributed by atoms with Gasteiger partial charge < -0.3 is 4.74 Å². The highest BCUT2D eigenvalue weighted by molar-refractivity contribution is 5.99. The molecule has 0 aromatic heterocycles. The number of esters is 1. The van der Waals surface area contributed by atoms with Gasteiger partial charge in [-0.15, -0.1) is 0 Å². The van der Waals surface area contributed by atoms with Crippen LogP contribution in [0, 0.1) is 0 Å². The van der Waals surface area contributed by atoms with Crippen molar-refractivity contribution < 1.29 is 14.3 Å². The largest absolute Gasteiger partial charge is 0.462 e. The standard InChI is InChI=1S/C25H42O3/c1-3-4-5-6-7-8-9-10-11-12-13-14-15-16-17-18-19-21-25(27)22-20-23-28-24(2)26/h10-11,19-22H,3-9,12-18,23H2,1-2H3. The summed E-state index contributed by atoms with van der Waals surface area (Å²) in [5.74, 6) is -0.392. The van der Waals surface area contributed by atoms with Gasteiger partial charge in [-0.2, -0.15) is 0 Å². The Morgan fingerprint density at radius 2 is 1.11 bits per heavy atom. The van der Waals surface area contributed by atoms with Gasteiger partial charge in [-0.3, -0.25) is 9.59 Å². The zero-order chi connectivity index (χ0) is 20.7. The zero-order valence-electron chi connectivity index (χ0n) is 18.3. The van der Waals surface area contributed by atoms with Crippen LogP contribution in [0.25, 0.3) is 0 Å². The summed E-state index contributed by atoms with van der Waals surface area (Å²) in [6.07, 6.45) is 29.1. The van der Waals surface area contributed by atoms with Crippen molar-refractivity contribution in [2.45, 2.75) is 104 Å². The maximum atomic E-state index is 11.5. The normalized spacial score (nSPS) is 11.8. The minimum atomic E-state index is -0.336. The van der Waals surface area contributed by atoms with Crippen LogP contribution in [0.2, 0.25) is 0 Å². The molecule has 0 saturated carbocycles. The average molecular weight is 391 g/mol. The van der Waals surface area contributed by atoms with E-state index >= 15 is 0 Å². The number of ketones is 1. The molecule has 28 heavy (non-hydrogen) atoms. The second kappa shape index (κ2) is 21.7. The molecule has 0 radical (unpaired) electrons. The topological polar surface area (TPSA) is 43.4 Å². The summed E-state index contributed by atoms with van der Waals surface area (Å²) in [6.45, 7) is 3.77. The second-order valence-corrected chi connectivity index (χ2v) is 7.38. The summed E-state index contributed by atoms with van der Waals surface area (Å²) < 4.78 is 4.72. The molecule has 160 valence electrons. The van der Waals surface area contributed by atoms with Crippen LogP contribution in [-0.2, 0) is 14.3 Å². The van der Waals surface area contributed by atoms with Crippen molar-refractivity contribution in [2.75, 3.05) is 6.61 Å². The quantitative estimate of drug-likeness (QED) is 0.101. The number of carbonyl (C=O) groups excluding carboxylic acids is 2. The minimum Gasteiger partial charge on any atom is -0.462 e. The fourth-order valence-electron chi connectivity index (χ4n) is 2.92. The lowest BCUT2D eigenvalue weighted by Crippen LogP contribution is -1.98. The van der Waals surface area contributed by atoms with E-state index in [9.17, 15) is 9.59 Å². The van der Waals surface area contributed by atoms with Crippen LogP contribution in [0.15, 0.2) is 36.5 Å². The monoisotopic (exact) mass is 390 g/mol. The molecule has 0 saturated heterocycles. The van der Waals surface area contributed by atoms with Gasteiger partial charge in [0.1, 0.15) is 6.61 Å². The summed E-state index contributed by atoms with van der Waals surface area (Å²) >= 11 is 0. The van der Waals surface area contributed by atoms with Crippen molar-refractivity contribution in [1.29, 1.82) is 0 Å². The molecule has 0 aromatic rings. The Kier molecular flexibility index (Phi) is 20.4. The van der Waals surface area contributed by atoms with Crippen LogP contribution in [0.5, 0.6) is 0 Å². The molecule has 0 aliphatic heterocycles. The van der Waals surface area contributed by atoms with E-state index in [4.69, 9.17) is 4.74 Å². The fraction of sp³-hybridized carbons (Fsp3) is 0.680. The maximum absolute atomic E-state index is 11.5. The number of allylic oxidation sites excluding steroid dienone is 5. The predicted octanol–water partition coefficient (Wildman–Crippen LogP) is 7.27. The maximum Gasteiger partial charge on any atom is 0.302 e. The Hall–Kier alpha value is -1.64. The molecule has 0 spiro atoms. The van der Waals surface area contributed by atoms with E-state index in [1.54, 1.807) is 12.2 Å². The fourth-order valence-corrected chi connectivity index (χ4v) is 2.92. The van der Waals surface area contributed by atoms with E-state index in [0.717, 1.165) is 12.8 Å². The summed E-state index contributed by atoms with van der Waals surface area (Å²) in [5, 5.41) is 0. The third-order valence-electron chi connectivity index (χ3n) is 4.58. The van der Waals surface area contributed by atoms with E-state index in [2.05, 4.69) is 19.1 Å². The van der Waals surface area contributed by atoms with E-state index in [1.165, 1.54) is 90.0 Å². The smallest absolute Gasteiger partial charge is 0.302 e. The van der Waals surface area contributed by atoms with Crippen LogP contribution >= 0.6 is 0 Å². The molecular formula is C25H42O3. The molecule has 0 N–H and O–H groups in total. The Bertz CT molecular complexity index is 460. The minimum absolute atomic E-state index is 0.0556. The first-order valence-corrected chi connectivity index (χ1v) is 11.3. The highest BCUT2D eigenvalue weighted by Crippen LogP contribution is 2.10. The molecule has 0 fully saturated rings. The Balaban J connectivity index is 3.35. The number of carbonyl (C=O) groups is 2. The number of ether oxygens (including phenoxy) is 1. The summed E-state index contributed by atoms with van der Waals surface area (Å²) in [6, 6.07) is 0. The number of unbranched alkanes of at least 4 members (excludes halogenated alkanes) is 12. The molecule has 0 heterocycles. The molecule has 0 bridgehead atoms. The zero-order valence-corrected chi connectivity index (χ0v) is 18.3. The predicted molar refractivity (Wildman–Crippen MR) is 119 cm³/mol. The second-order valence-electron chi connectivity index (χ2n) is 7.38. The highest BCUT2D eigenvalue weighted by atomic mass is 16.5. The molecule has 0 rings (SSSR count). The lowest BCUT2D eigenvalue weighted by atomic mass is 10.1. The molecule has 0 aliphatic rings. The molecule has 0 aliphatic carbocycles. The van der Waals surface area contributed by atoms with Gasteiger partial charge in [-0.1, -0.05) is 76.5 Å². The third-order valence-corrected chi connectivity index (χ3v) is 4.58. The molecule has 0 unspecified atom stereocenters. The molecule has 0 atom stereocenters. The van der Waals surface area contributed by atoms with Crippen molar-refractivity contribution in [3.05, 3.63) is 36.5 Å². The first-order chi connectivity index (χ1) is 13.7. The van der Waals surface area contributed by atoms with Gasteiger partial charge in [0.05, 0.1) is 0 Å². The molecule has 0 amide bonds. The highest BCUT2D eigenvalue weighted by Gasteiger charge is 1.92. The van der Waals surface area contributed by atoms with Gasteiger partial charge in [-0.25, -0.2) is 0 Å². The van der Waals surface area contributed by atoms with Crippen molar-refractivity contribution in [1.82, 2.24) is 0 Å². The molecule has 3 heteroatoms. The van der Waals surface area contributed by atoms with Crippen LogP contribution < -0.4 is 0 Å². The van der Waals surface area contributed by atoms with Crippen molar-refractivity contribution >= 4 is 11.8 Å². The van der Waals surface area contributed by atoms with E-state index in [-0.39, 0.29) is 18.4 Å². The Morgan fingerprint density at radius 3 is 1.64 bits per heavy atom. The lowest BCUT2D eigenvalue weighted by molar-refractivity contribution is -0.139. The van der Waals surface area contributed by atoms with Crippen molar-refractivity contribution in [2.24, 2.45) is 0 Å². The van der Waals surface area contributed by atoms with Gasteiger partial charge in [0.2, 0.25) is 0 Å². The van der Waals surface area contributed by atoms with E-state index < -0.39 is 0 Å². The number of hydrogen-bond donors (Lipinski definition) is 0. The van der Waals surface area contributed by atoms with Crippen LogP contribution in [0.4, 0.5) is 0 Å². The summed E-state index contributed by atoms with van der Waals surface area (Å²) in [7, 11) is 0. The first kappa shape index (κ1) is 26.4. The Labute approximate surface area is 173 Å². The molecular weight excluding hydrogens is 348 g/mol. The van der Waals surface area contributed by atoms with Crippen LogP contribution in [0.1, 0.15) is 104 Å². The lowest BCUT2D eigenvalue weighted by Gasteiger charge is -1.99. The third kappa shape index (κ3) is 22.4. The first-order valence-electron chi connectivity index (χ1n) is 11.3. The summed E-state index contributed by atoms with van der Waals surface area (Å²) in [5.41, 5.74) is 0. The Morgan fingerprint density at radius 1 is 0.643 bits per heavy atom. The summed E-state index contributed by atoms with van der Waals surface area (Å²) in [4.78, 5) is 22.1. The molecule has 3 nitrogen and oxygen atoms in total. The average Bonchev–Trinajstić information content (AvgIpc) is 2.67. The molecule has 0 aromatic carbocycles. The van der Waals surface area contributed by atoms with Gasteiger partial charge in [0.25, 0.3) is 0 Å². The van der Waals surface area contributed by atoms with Gasteiger partial charge in [0, 0.05) is 6.92 Å². The van der Waals surface area contributed by atoms with Crippen LogP contribution in [-0.4, -0.2) is 18.4 Å². The number of rotatable bonds is 19. The van der Waals surface area contributed by atoms with Gasteiger partial charge in [-0.05, 0) is 56.8 Å². The van der Waals surface area contributed by atoms with Crippen molar-refractivity contribution in [3.8, 4) is 0 Å². The van der Waals surface area contributed by atoms with Crippen LogP contribution in [0.3, 0.4) is 0 Å². The van der Waals surface area contributed by atoms with E-state index in [0.29, 0.717) is 0 Å². The van der Waals surface area contributed by atoms with Gasteiger partial charge >= 0.3 is 5.97 Å². The van der Waals surface area contributed by atoms with E-state index in [1.807, 2.05) is 6.08 Å². The number of hydrogen-bond acceptors (Lipinski definition) is 3. The van der Waals surface area contributed by atoms with Gasteiger partial charge in [0.15, 0.2) is 5.78 Å². The van der Waals surface area contributed by atoms with Crippen molar-refractivity contribution in [3.63, 3.8) is 0 Å².